The van der Waals surface area contributed by atoms with Gasteiger partial charge in [0, 0.05) is 49.4 Å². The second kappa shape index (κ2) is 9.18. The Hall–Kier alpha value is -2.05. The molecule has 2 saturated heterocycles. The van der Waals surface area contributed by atoms with Crippen LogP contribution in [0.2, 0.25) is 0 Å². The molecule has 6 heteroatoms. The summed E-state index contributed by atoms with van der Waals surface area (Å²) in [5, 5.41) is 3.22. The van der Waals surface area contributed by atoms with Crippen LogP contribution in [0.25, 0.3) is 0 Å². The lowest BCUT2D eigenvalue weighted by atomic mass is 10.0. The Morgan fingerprint density at radius 1 is 1.07 bits per heavy atom. The predicted octanol–water partition coefficient (Wildman–Crippen LogP) is 3.97. The van der Waals surface area contributed by atoms with Crippen molar-refractivity contribution in [1.29, 1.82) is 0 Å². The van der Waals surface area contributed by atoms with Crippen molar-refractivity contribution in [3.05, 3.63) is 64.6 Å². The third-order valence-electron chi connectivity index (χ3n) is 6.03. The molecule has 2 aliphatic rings. The van der Waals surface area contributed by atoms with Crippen LogP contribution in [0.5, 0.6) is 0 Å². The van der Waals surface area contributed by atoms with Gasteiger partial charge in [-0.15, -0.1) is 0 Å². The highest BCUT2D eigenvalue weighted by molar-refractivity contribution is 9.10. The van der Waals surface area contributed by atoms with Crippen molar-refractivity contribution in [2.24, 2.45) is 5.92 Å². The Balaban J connectivity index is 1.34. The highest BCUT2D eigenvalue weighted by atomic mass is 79.9. The number of carbonyl (C=O) groups excluding carboxylic acids is 1. The SMILES string of the molecule is CN1CCN(C(=O)NCC2CCN(c3cccc(Br)c3)C2)C(c2ccccc2)C1. The molecule has 2 heterocycles. The second-order valence-electron chi connectivity index (χ2n) is 8.15. The van der Waals surface area contributed by atoms with Gasteiger partial charge in [0.1, 0.15) is 0 Å². The normalized spacial score (nSPS) is 22.7. The minimum Gasteiger partial charge on any atom is -0.371 e. The topological polar surface area (TPSA) is 38.8 Å². The highest BCUT2D eigenvalue weighted by Crippen LogP contribution is 2.27. The van der Waals surface area contributed by atoms with Crippen molar-refractivity contribution in [3.63, 3.8) is 0 Å². The van der Waals surface area contributed by atoms with Crippen LogP contribution < -0.4 is 10.2 Å². The van der Waals surface area contributed by atoms with Gasteiger partial charge in [-0.2, -0.15) is 0 Å². The number of benzene rings is 2. The largest absolute Gasteiger partial charge is 0.371 e. The van der Waals surface area contributed by atoms with Gasteiger partial charge in [-0.3, -0.25) is 0 Å². The zero-order chi connectivity index (χ0) is 20.2. The minimum absolute atomic E-state index is 0.0628. The van der Waals surface area contributed by atoms with Crippen LogP contribution in [0.1, 0.15) is 18.0 Å². The van der Waals surface area contributed by atoms with Crippen molar-refractivity contribution >= 4 is 27.6 Å². The van der Waals surface area contributed by atoms with E-state index in [0.29, 0.717) is 5.92 Å². The highest BCUT2D eigenvalue weighted by Gasteiger charge is 2.31. The number of rotatable bonds is 4. The molecule has 2 aromatic rings. The molecule has 0 spiro atoms. The van der Waals surface area contributed by atoms with Gasteiger partial charge in [0.2, 0.25) is 0 Å². The van der Waals surface area contributed by atoms with Gasteiger partial charge < -0.3 is 20.0 Å². The Morgan fingerprint density at radius 2 is 1.90 bits per heavy atom. The molecule has 0 bridgehead atoms. The average Bonchev–Trinajstić information content (AvgIpc) is 3.22. The lowest BCUT2D eigenvalue weighted by Crippen LogP contribution is -2.53. The maximum Gasteiger partial charge on any atom is 0.318 e. The fourth-order valence-electron chi connectivity index (χ4n) is 4.36. The van der Waals surface area contributed by atoms with Gasteiger partial charge in [0.25, 0.3) is 0 Å². The molecular weight excluding hydrogens is 428 g/mol. The first kappa shape index (κ1) is 20.2. The van der Waals surface area contributed by atoms with Crippen molar-refractivity contribution in [3.8, 4) is 0 Å². The van der Waals surface area contributed by atoms with E-state index in [9.17, 15) is 4.79 Å². The molecule has 2 aromatic carbocycles. The summed E-state index contributed by atoms with van der Waals surface area (Å²) in [6.45, 7) is 5.31. The molecule has 2 fully saturated rings. The summed E-state index contributed by atoms with van der Waals surface area (Å²) in [4.78, 5) is 19.7. The van der Waals surface area contributed by atoms with Crippen LogP contribution in [0.15, 0.2) is 59.1 Å². The summed E-state index contributed by atoms with van der Waals surface area (Å²) >= 11 is 3.55. The van der Waals surface area contributed by atoms with E-state index in [-0.39, 0.29) is 12.1 Å². The van der Waals surface area contributed by atoms with Gasteiger partial charge in [-0.05, 0) is 43.1 Å². The quantitative estimate of drug-likeness (QED) is 0.755. The van der Waals surface area contributed by atoms with Gasteiger partial charge in [0.05, 0.1) is 6.04 Å². The van der Waals surface area contributed by atoms with Crippen molar-refractivity contribution in [1.82, 2.24) is 15.1 Å². The Morgan fingerprint density at radius 3 is 2.69 bits per heavy atom. The first-order chi connectivity index (χ1) is 14.1. The number of hydrogen-bond donors (Lipinski definition) is 1. The maximum atomic E-state index is 13.0. The number of piperazine rings is 1. The molecule has 2 atom stereocenters. The number of nitrogens with zero attached hydrogens (tertiary/aromatic N) is 3. The molecule has 2 unspecified atom stereocenters. The van der Waals surface area contributed by atoms with Crippen LogP contribution in [0.3, 0.4) is 0 Å². The molecule has 0 radical (unpaired) electrons. The van der Waals surface area contributed by atoms with Gasteiger partial charge >= 0.3 is 6.03 Å². The molecule has 4 rings (SSSR count). The lowest BCUT2D eigenvalue weighted by molar-refractivity contribution is 0.108. The molecular formula is C23H29BrN4O. The van der Waals surface area contributed by atoms with Gasteiger partial charge in [-0.25, -0.2) is 4.79 Å². The summed E-state index contributed by atoms with van der Waals surface area (Å²) in [7, 11) is 2.13. The van der Waals surface area contributed by atoms with Crippen LogP contribution in [0.4, 0.5) is 10.5 Å². The second-order valence-corrected chi connectivity index (χ2v) is 9.06. The molecule has 2 amide bonds. The summed E-state index contributed by atoms with van der Waals surface area (Å²) in [6, 6.07) is 19.0. The first-order valence-electron chi connectivity index (χ1n) is 10.4. The van der Waals surface area contributed by atoms with E-state index in [2.05, 4.69) is 86.6 Å². The molecule has 0 aromatic heterocycles. The van der Waals surface area contributed by atoms with Gasteiger partial charge in [0.15, 0.2) is 0 Å². The lowest BCUT2D eigenvalue weighted by Gasteiger charge is -2.40. The third-order valence-corrected chi connectivity index (χ3v) is 6.52. The van der Waals surface area contributed by atoms with E-state index >= 15 is 0 Å². The number of halogens is 1. The number of hydrogen-bond acceptors (Lipinski definition) is 3. The zero-order valence-corrected chi connectivity index (χ0v) is 18.5. The summed E-state index contributed by atoms with van der Waals surface area (Å²) in [5.41, 5.74) is 2.45. The van der Waals surface area contributed by atoms with E-state index in [4.69, 9.17) is 0 Å². The van der Waals surface area contributed by atoms with Crippen LogP contribution in [-0.4, -0.2) is 62.1 Å². The zero-order valence-electron chi connectivity index (χ0n) is 16.9. The molecule has 0 aliphatic carbocycles. The summed E-state index contributed by atoms with van der Waals surface area (Å²) in [6.07, 6.45) is 1.11. The monoisotopic (exact) mass is 456 g/mol. The van der Waals surface area contributed by atoms with E-state index in [1.807, 2.05) is 11.0 Å². The summed E-state index contributed by atoms with van der Waals surface area (Å²) < 4.78 is 1.11. The van der Waals surface area contributed by atoms with Crippen molar-refractivity contribution < 1.29 is 4.79 Å². The average molecular weight is 457 g/mol. The number of carbonyl (C=O) groups is 1. The number of urea groups is 1. The Bertz CT molecular complexity index is 831. The van der Waals surface area contributed by atoms with E-state index in [1.54, 1.807) is 0 Å². The first-order valence-corrected chi connectivity index (χ1v) is 11.2. The number of anilines is 1. The van der Waals surface area contributed by atoms with Crippen molar-refractivity contribution in [2.45, 2.75) is 12.5 Å². The number of nitrogens with one attached hydrogen (secondary N) is 1. The molecule has 1 N–H and O–H groups in total. The fourth-order valence-corrected chi connectivity index (χ4v) is 4.75. The third kappa shape index (κ3) is 4.93. The molecule has 5 nitrogen and oxygen atoms in total. The Labute approximate surface area is 181 Å². The molecule has 0 saturated carbocycles. The number of amides is 2. The van der Waals surface area contributed by atoms with E-state index in [1.165, 1.54) is 11.3 Å². The predicted molar refractivity (Wildman–Crippen MR) is 121 cm³/mol. The number of likely N-dealkylation sites (N-methyl/N-ethyl adjacent to an activating group) is 1. The van der Waals surface area contributed by atoms with E-state index in [0.717, 1.165) is 50.2 Å². The standard InChI is InChI=1S/C23H29BrN4O/c1-26-12-13-28(22(17-26)19-6-3-2-4-7-19)23(29)25-15-18-10-11-27(16-18)21-9-5-8-20(24)14-21/h2-9,14,18,22H,10-13,15-17H2,1H3,(H,25,29). The van der Waals surface area contributed by atoms with Gasteiger partial charge in [-0.1, -0.05) is 52.3 Å². The van der Waals surface area contributed by atoms with Crippen LogP contribution in [0, 0.1) is 5.92 Å². The minimum atomic E-state index is 0.0628. The van der Waals surface area contributed by atoms with Crippen LogP contribution >= 0.6 is 15.9 Å². The van der Waals surface area contributed by atoms with Crippen LogP contribution in [-0.2, 0) is 0 Å². The van der Waals surface area contributed by atoms with Crippen molar-refractivity contribution in [2.75, 3.05) is 51.2 Å². The smallest absolute Gasteiger partial charge is 0.318 e. The maximum absolute atomic E-state index is 13.0. The fraction of sp³-hybridized carbons (Fsp3) is 0.435. The Kier molecular flexibility index (Phi) is 6.40. The molecule has 2 aliphatic heterocycles. The van der Waals surface area contributed by atoms with E-state index < -0.39 is 0 Å². The molecule has 154 valence electrons. The summed E-state index contributed by atoms with van der Waals surface area (Å²) in [5.74, 6) is 0.487. The molecule has 29 heavy (non-hydrogen) atoms.